The average molecular weight is 455 g/mol. The molecule has 0 saturated heterocycles. The topological polar surface area (TPSA) is 89.3 Å². The summed E-state index contributed by atoms with van der Waals surface area (Å²) < 4.78 is 21.9. The highest BCUT2D eigenvalue weighted by atomic mass is 32.1. The van der Waals surface area contributed by atoms with E-state index in [-0.39, 0.29) is 10.7 Å². The zero-order valence-electron chi connectivity index (χ0n) is 18.0. The maximum Gasteiger partial charge on any atom is 0.349 e. The highest BCUT2D eigenvalue weighted by Gasteiger charge is 2.18. The summed E-state index contributed by atoms with van der Waals surface area (Å²) in [5, 5.41) is 13.5. The molecular weight excluding hydrogens is 431 g/mol. The van der Waals surface area contributed by atoms with Crippen LogP contribution in [0.2, 0.25) is 0 Å². The lowest BCUT2D eigenvalue weighted by Crippen LogP contribution is -2.12. The number of hydrogen-bond donors (Lipinski definition) is 2. The fourth-order valence-electron chi connectivity index (χ4n) is 3.72. The van der Waals surface area contributed by atoms with Gasteiger partial charge >= 0.3 is 5.97 Å². The van der Waals surface area contributed by atoms with Crippen molar-refractivity contribution >= 4 is 34.0 Å². The van der Waals surface area contributed by atoms with E-state index in [1.54, 1.807) is 25.1 Å². The number of benzene rings is 1. The van der Waals surface area contributed by atoms with Crippen molar-refractivity contribution in [1.29, 1.82) is 0 Å². The Labute approximate surface area is 188 Å². The molecule has 32 heavy (non-hydrogen) atoms. The van der Waals surface area contributed by atoms with Gasteiger partial charge in [-0.1, -0.05) is 0 Å². The molecule has 0 saturated carbocycles. The molecule has 0 aliphatic heterocycles. The summed E-state index contributed by atoms with van der Waals surface area (Å²) in [5.41, 5.74) is 3.08. The van der Waals surface area contributed by atoms with Gasteiger partial charge in [0.1, 0.15) is 23.7 Å². The molecule has 1 aromatic carbocycles. The van der Waals surface area contributed by atoms with E-state index in [1.165, 1.54) is 6.33 Å². The number of nitrogens with zero attached hydrogens (tertiary/aromatic N) is 3. The van der Waals surface area contributed by atoms with E-state index in [9.17, 15) is 14.3 Å². The van der Waals surface area contributed by atoms with Gasteiger partial charge in [0, 0.05) is 36.3 Å². The zero-order chi connectivity index (χ0) is 22.8. The van der Waals surface area contributed by atoms with Gasteiger partial charge in [-0.05, 0) is 44.5 Å². The van der Waals surface area contributed by atoms with Crippen LogP contribution >= 0.6 is 11.3 Å². The first-order valence-corrected chi connectivity index (χ1v) is 11.0. The van der Waals surface area contributed by atoms with Crippen LogP contribution in [-0.4, -0.2) is 38.8 Å². The molecule has 166 valence electrons. The molecule has 0 bridgehead atoms. The number of fused-ring (bicyclic) bond motifs is 1. The first kappa shape index (κ1) is 21.8. The lowest BCUT2D eigenvalue weighted by molar-refractivity contribution is 0.0698. The standard InChI is InChI=1S/C23H23FN4O3S/c1-4-31-18-11-19(32-22(18)23(29)30)17-10-20(27-12-26-17)25-5-6-28-14(3)9-15-7-13(2)8-16(24)21(15)28/h7-12H,4-6H2,1-3H3,(H,29,30)(H,25,26,27). The summed E-state index contributed by atoms with van der Waals surface area (Å²) in [7, 11) is 0. The van der Waals surface area contributed by atoms with E-state index in [2.05, 4.69) is 15.3 Å². The summed E-state index contributed by atoms with van der Waals surface area (Å²) in [6, 6.07) is 8.96. The van der Waals surface area contributed by atoms with Crippen molar-refractivity contribution in [2.45, 2.75) is 27.3 Å². The number of anilines is 1. The van der Waals surface area contributed by atoms with Crippen molar-refractivity contribution in [2.75, 3.05) is 18.5 Å². The van der Waals surface area contributed by atoms with Gasteiger partial charge in [-0.15, -0.1) is 11.3 Å². The Morgan fingerprint density at radius 3 is 2.78 bits per heavy atom. The van der Waals surface area contributed by atoms with Crippen LogP contribution in [0.4, 0.5) is 10.2 Å². The van der Waals surface area contributed by atoms with Crippen molar-refractivity contribution in [3.8, 4) is 16.3 Å². The normalized spacial score (nSPS) is 11.1. The fourth-order valence-corrected chi connectivity index (χ4v) is 4.63. The van der Waals surface area contributed by atoms with Crippen molar-refractivity contribution in [2.24, 2.45) is 0 Å². The monoisotopic (exact) mass is 454 g/mol. The number of carbonyl (C=O) groups is 1. The van der Waals surface area contributed by atoms with Gasteiger partial charge in [-0.25, -0.2) is 19.2 Å². The van der Waals surface area contributed by atoms with Gasteiger partial charge in [0.25, 0.3) is 0 Å². The minimum Gasteiger partial charge on any atom is -0.492 e. The second-order valence-electron chi connectivity index (χ2n) is 7.38. The molecule has 4 aromatic rings. The maximum atomic E-state index is 14.5. The summed E-state index contributed by atoms with van der Waals surface area (Å²) in [5.74, 6) is -0.327. The van der Waals surface area contributed by atoms with E-state index < -0.39 is 5.97 Å². The lowest BCUT2D eigenvalue weighted by Gasteiger charge is -2.11. The second-order valence-corrected chi connectivity index (χ2v) is 8.43. The third-order valence-electron chi connectivity index (χ3n) is 5.05. The highest BCUT2D eigenvalue weighted by Crippen LogP contribution is 2.36. The van der Waals surface area contributed by atoms with Gasteiger partial charge in [-0.3, -0.25) is 0 Å². The van der Waals surface area contributed by atoms with Gasteiger partial charge < -0.3 is 19.7 Å². The van der Waals surface area contributed by atoms with Crippen LogP contribution in [-0.2, 0) is 6.54 Å². The highest BCUT2D eigenvalue weighted by molar-refractivity contribution is 7.17. The molecule has 4 rings (SSSR count). The molecule has 3 heterocycles. The molecule has 0 radical (unpaired) electrons. The largest absolute Gasteiger partial charge is 0.492 e. The first-order valence-electron chi connectivity index (χ1n) is 10.2. The summed E-state index contributed by atoms with van der Waals surface area (Å²) in [6.07, 6.45) is 1.43. The molecule has 0 unspecified atom stereocenters. The Morgan fingerprint density at radius 1 is 1.22 bits per heavy atom. The maximum absolute atomic E-state index is 14.5. The zero-order valence-corrected chi connectivity index (χ0v) is 18.8. The van der Waals surface area contributed by atoms with Crippen LogP contribution in [0.3, 0.4) is 0 Å². The van der Waals surface area contributed by atoms with E-state index in [4.69, 9.17) is 4.74 Å². The Morgan fingerprint density at radius 2 is 2.03 bits per heavy atom. The number of thiophene rings is 1. The number of aromatic carboxylic acids is 1. The number of halogens is 1. The van der Waals surface area contributed by atoms with Crippen molar-refractivity contribution in [3.05, 3.63) is 58.6 Å². The second kappa shape index (κ2) is 8.96. The van der Waals surface area contributed by atoms with Crippen molar-refractivity contribution in [3.63, 3.8) is 0 Å². The number of rotatable bonds is 8. The van der Waals surface area contributed by atoms with E-state index in [0.717, 1.165) is 28.0 Å². The summed E-state index contributed by atoms with van der Waals surface area (Å²) in [6.45, 7) is 7.12. The number of carboxylic acids is 1. The number of carboxylic acid groups (broad SMARTS) is 1. The van der Waals surface area contributed by atoms with Crippen molar-refractivity contribution in [1.82, 2.24) is 14.5 Å². The van der Waals surface area contributed by atoms with Crippen LogP contribution in [0.5, 0.6) is 5.75 Å². The molecule has 0 fully saturated rings. The Hall–Kier alpha value is -3.46. The number of hydrogen-bond acceptors (Lipinski definition) is 6. The molecular formula is C23H23FN4O3S. The minimum absolute atomic E-state index is 0.141. The van der Waals surface area contributed by atoms with E-state index >= 15 is 0 Å². The molecule has 7 nitrogen and oxygen atoms in total. The smallest absolute Gasteiger partial charge is 0.349 e. The number of ether oxygens (including phenoxy) is 1. The third kappa shape index (κ3) is 4.29. The molecule has 0 amide bonds. The van der Waals surface area contributed by atoms with Crippen LogP contribution in [0.25, 0.3) is 21.5 Å². The van der Waals surface area contributed by atoms with Gasteiger partial charge in [0.05, 0.1) is 22.7 Å². The number of aromatic nitrogens is 3. The first-order chi connectivity index (χ1) is 15.4. The number of aryl methyl sites for hydroxylation is 2. The molecule has 0 aliphatic carbocycles. The van der Waals surface area contributed by atoms with Gasteiger partial charge in [0.2, 0.25) is 0 Å². The molecule has 3 aromatic heterocycles. The van der Waals surface area contributed by atoms with E-state index in [1.807, 2.05) is 30.5 Å². The minimum atomic E-state index is -1.03. The molecule has 2 N–H and O–H groups in total. The molecule has 0 aliphatic rings. The van der Waals surface area contributed by atoms with Crippen LogP contribution in [0.1, 0.15) is 27.9 Å². The van der Waals surface area contributed by atoms with Gasteiger partial charge in [0.15, 0.2) is 4.88 Å². The predicted octanol–water partition coefficient (Wildman–Crippen LogP) is 5.12. The average Bonchev–Trinajstić information content (AvgIpc) is 3.30. The van der Waals surface area contributed by atoms with Crippen LogP contribution in [0.15, 0.2) is 36.7 Å². The van der Waals surface area contributed by atoms with Crippen LogP contribution < -0.4 is 10.1 Å². The Kier molecular flexibility index (Phi) is 6.09. The number of nitrogens with one attached hydrogen (secondary N) is 1. The quantitative estimate of drug-likeness (QED) is 0.384. The molecule has 9 heteroatoms. The van der Waals surface area contributed by atoms with Crippen molar-refractivity contribution < 1.29 is 19.0 Å². The fraction of sp³-hybridized carbons (Fsp3) is 0.261. The van der Waals surface area contributed by atoms with Gasteiger partial charge in [-0.2, -0.15) is 0 Å². The summed E-state index contributed by atoms with van der Waals surface area (Å²) in [4.78, 5) is 20.8. The summed E-state index contributed by atoms with van der Waals surface area (Å²) >= 11 is 1.11. The lowest BCUT2D eigenvalue weighted by atomic mass is 10.2. The molecule has 0 atom stereocenters. The predicted molar refractivity (Wildman–Crippen MR) is 123 cm³/mol. The Balaban J connectivity index is 1.51. The SMILES string of the molecule is CCOc1cc(-c2cc(NCCn3c(C)cc4cc(C)cc(F)c43)ncn2)sc1C(=O)O. The third-order valence-corrected chi connectivity index (χ3v) is 6.18. The van der Waals surface area contributed by atoms with E-state index in [0.29, 0.717) is 47.4 Å². The van der Waals surface area contributed by atoms with Crippen LogP contribution in [0, 0.1) is 19.7 Å². The molecule has 0 spiro atoms. The Bertz CT molecular complexity index is 1300.